The van der Waals surface area contributed by atoms with Crippen LogP contribution in [0, 0.1) is 11.3 Å². The summed E-state index contributed by atoms with van der Waals surface area (Å²) in [5, 5.41) is 0. The summed E-state index contributed by atoms with van der Waals surface area (Å²) in [6.07, 6.45) is -4.19. The number of nitrogens with two attached hydrogens (primary N) is 1. The Morgan fingerprint density at radius 2 is 1.67 bits per heavy atom. The molecule has 0 aromatic carbocycles. The number of nitrogens with zero attached hydrogens (tertiary/aromatic N) is 1. The molecule has 1 heterocycles. The normalized spacial score (nSPS) is 20.9. The average molecular weight is 266 g/mol. The number of carbonyl (C=O) groups is 1. The molecule has 0 bridgehead atoms. The summed E-state index contributed by atoms with van der Waals surface area (Å²) in [4.78, 5) is 13.5. The lowest BCUT2D eigenvalue weighted by Crippen LogP contribution is -2.53. The van der Waals surface area contributed by atoms with E-state index in [1.165, 1.54) is 4.90 Å². The molecule has 0 aromatic rings. The molecule has 1 saturated heterocycles. The van der Waals surface area contributed by atoms with Crippen molar-refractivity contribution in [3.63, 3.8) is 0 Å². The highest BCUT2D eigenvalue weighted by molar-refractivity contribution is 5.82. The van der Waals surface area contributed by atoms with Gasteiger partial charge in [0.1, 0.15) is 0 Å². The van der Waals surface area contributed by atoms with E-state index in [9.17, 15) is 18.0 Å². The van der Waals surface area contributed by atoms with Crippen LogP contribution in [0.25, 0.3) is 0 Å². The van der Waals surface area contributed by atoms with Crippen molar-refractivity contribution >= 4 is 5.91 Å². The Kier molecular flexibility index (Phi) is 4.30. The zero-order chi connectivity index (χ0) is 14.1. The van der Waals surface area contributed by atoms with Crippen molar-refractivity contribution in [3.05, 3.63) is 0 Å². The van der Waals surface area contributed by atoms with Gasteiger partial charge in [-0.1, -0.05) is 20.8 Å². The molecule has 1 amide bonds. The van der Waals surface area contributed by atoms with Crippen molar-refractivity contribution in [3.8, 4) is 0 Å². The quantitative estimate of drug-likeness (QED) is 0.790. The second-order valence-electron chi connectivity index (χ2n) is 5.98. The van der Waals surface area contributed by atoms with E-state index in [1.54, 1.807) is 0 Å². The van der Waals surface area contributed by atoms with Crippen LogP contribution in [0.1, 0.15) is 33.6 Å². The minimum absolute atomic E-state index is 0.0217. The SMILES string of the molecule is CC(C)(C)C(N)C(=O)N1CCC(C(F)(F)F)CC1. The number of amides is 1. The molecule has 1 unspecified atom stereocenters. The fourth-order valence-corrected chi connectivity index (χ4v) is 1.99. The maximum absolute atomic E-state index is 12.5. The molecule has 0 spiro atoms. The van der Waals surface area contributed by atoms with Gasteiger partial charge in [-0.2, -0.15) is 13.2 Å². The lowest BCUT2D eigenvalue weighted by Gasteiger charge is -2.37. The summed E-state index contributed by atoms with van der Waals surface area (Å²) in [6, 6.07) is -0.667. The summed E-state index contributed by atoms with van der Waals surface area (Å²) in [6.45, 7) is 5.83. The minimum Gasteiger partial charge on any atom is -0.341 e. The Morgan fingerprint density at radius 1 is 1.22 bits per heavy atom. The van der Waals surface area contributed by atoms with E-state index in [1.807, 2.05) is 20.8 Å². The van der Waals surface area contributed by atoms with Crippen LogP contribution in [0.5, 0.6) is 0 Å². The molecule has 0 saturated carbocycles. The number of hydrogen-bond donors (Lipinski definition) is 1. The predicted octanol–water partition coefficient (Wildman–Crippen LogP) is 2.16. The zero-order valence-electron chi connectivity index (χ0n) is 11.0. The van der Waals surface area contributed by atoms with Crippen LogP contribution in [0.2, 0.25) is 0 Å². The number of carbonyl (C=O) groups excluding carboxylic acids is 1. The van der Waals surface area contributed by atoms with Crippen molar-refractivity contribution in [1.29, 1.82) is 0 Å². The van der Waals surface area contributed by atoms with Crippen LogP contribution in [0.15, 0.2) is 0 Å². The Balaban J connectivity index is 2.56. The van der Waals surface area contributed by atoms with Crippen LogP contribution in [0.3, 0.4) is 0 Å². The van der Waals surface area contributed by atoms with E-state index < -0.39 is 18.1 Å². The fourth-order valence-electron chi connectivity index (χ4n) is 1.99. The Labute approximate surface area is 106 Å². The molecule has 1 aliphatic rings. The van der Waals surface area contributed by atoms with Gasteiger partial charge in [-0.3, -0.25) is 4.79 Å². The van der Waals surface area contributed by atoms with Gasteiger partial charge in [0.25, 0.3) is 0 Å². The van der Waals surface area contributed by atoms with E-state index in [0.717, 1.165) is 0 Å². The molecule has 1 aliphatic heterocycles. The van der Waals surface area contributed by atoms with Crippen LogP contribution in [-0.2, 0) is 4.79 Å². The molecule has 0 aromatic heterocycles. The average Bonchev–Trinajstić information content (AvgIpc) is 2.25. The number of alkyl halides is 3. The summed E-state index contributed by atoms with van der Waals surface area (Å²) >= 11 is 0. The van der Waals surface area contributed by atoms with Crippen LogP contribution in [0.4, 0.5) is 13.2 Å². The van der Waals surface area contributed by atoms with Gasteiger partial charge >= 0.3 is 6.18 Å². The summed E-state index contributed by atoms with van der Waals surface area (Å²) in [5.41, 5.74) is 5.46. The second-order valence-corrected chi connectivity index (χ2v) is 5.98. The number of likely N-dealkylation sites (tertiary alicyclic amines) is 1. The van der Waals surface area contributed by atoms with Gasteiger partial charge in [0.15, 0.2) is 0 Å². The molecule has 0 aliphatic carbocycles. The van der Waals surface area contributed by atoms with Gasteiger partial charge < -0.3 is 10.6 Å². The fraction of sp³-hybridized carbons (Fsp3) is 0.917. The van der Waals surface area contributed by atoms with E-state index in [2.05, 4.69) is 0 Å². The van der Waals surface area contributed by atoms with Crippen LogP contribution < -0.4 is 5.73 Å². The molecule has 6 heteroatoms. The summed E-state index contributed by atoms with van der Waals surface area (Å²) in [5.74, 6) is -1.53. The minimum atomic E-state index is -4.15. The Bertz CT molecular complexity index is 301. The molecule has 1 rings (SSSR count). The van der Waals surface area contributed by atoms with Gasteiger partial charge in [-0.25, -0.2) is 0 Å². The van der Waals surface area contributed by atoms with Crippen LogP contribution in [-0.4, -0.2) is 36.1 Å². The van der Waals surface area contributed by atoms with Crippen molar-refractivity contribution < 1.29 is 18.0 Å². The highest BCUT2D eigenvalue weighted by Crippen LogP contribution is 2.34. The number of hydrogen-bond acceptors (Lipinski definition) is 2. The van der Waals surface area contributed by atoms with E-state index >= 15 is 0 Å². The maximum atomic E-state index is 12.5. The first-order valence-electron chi connectivity index (χ1n) is 6.14. The molecule has 2 N–H and O–H groups in total. The lowest BCUT2D eigenvalue weighted by atomic mass is 9.86. The molecular weight excluding hydrogens is 245 g/mol. The first-order valence-corrected chi connectivity index (χ1v) is 6.14. The number of rotatable bonds is 1. The van der Waals surface area contributed by atoms with Gasteiger partial charge in [0, 0.05) is 13.1 Å². The number of halogens is 3. The second kappa shape index (κ2) is 5.07. The topological polar surface area (TPSA) is 46.3 Å². The maximum Gasteiger partial charge on any atom is 0.391 e. The van der Waals surface area contributed by atoms with E-state index in [0.29, 0.717) is 0 Å². The Hall–Kier alpha value is -0.780. The Morgan fingerprint density at radius 3 is 2.00 bits per heavy atom. The molecule has 18 heavy (non-hydrogen) atoms. The first-order chi connectivity index (χ1) is 8.03. The van der Waals surface area contributed by atoms with Gasteiger partial charge in [-0.15, -0.1) is 0 Å². The van der Waals surface area contributed by atoms with Crippen molar-refractivity contribution in [2.75, 3.05) is 13.1 Å². The molecule has 1 fully saturated rings. The monoisotopic (exact) mass is 266 g/mol. The van der Waals surface area contributed by atoms with E-state index in [-0.39, 0.29) is 37.3 Å². The largest absolute Gasteiger partial charge is 0.391 e. The van der Waals surface area contributed by atoms with Crippen molar-refractivity contribution in [2.45, 2.75) is 45.8 Å². The third-order valence-electron chi connectivity index (χ3n) is 3.47. The van der Waals surface area contributed by atoms with Crippen LogP contribution >= 0.6 is 0 Å². The predicted molar refractivity (Wildman–Crippen MR) is 62.8 cm³/mol. The zero-order valence-corrected chi connectivity index (χ0v) is 11.0. The lowest BCUT2D eigenvalue weighted by molar-refractivity contribution is -0.186. The molecule has 0 radical (unpaired) electrons. The highest BCUT2D eigenvalue weighted by Gasteiger charge is 2.42. The van der Waals surface area contributed by atoms with Gasteiger partial charge in [0.05, 0.1) is 12.0 Å². The van der Waals surface area contributed by atoms with Crippen molar-refractivity contribution in [1.82, 2.24) is 4.90 Å². The molecule has 1 atom stereocenters. The molecular formula is C12H21F3N2O. The van der Waals surface area contributed by atoms with Crippen molar-refractivity contribution in [2.24, 2.45) is 17.1 Å². The van der Waals surface area contributed by atoms with Gasteiger partial charge in [0.2, 0.25) is 5.91 Å². The third kappa shape index (κ3) is 3.60. The highest BCUT2D eigenvalue weighted by atomic mass is 19.4. The number of piperidine rings is 1. The molecule has 106 valence electrons. The summed E-state index contributed by atoms with van der Waals surface area (Å²) in [7, 11) is 0. The summed E-state index contributed by atoms with van der Waals surface area (Å²) < 4.78 is 37.5. The van der Waals surface area contributed by atoms with Gasteiger partial charge in [-0.05, 0) is 18.3 Å². The smallest absolute Gasteiger partial charge is 0.341 e. The molecule has 3 nitrogen and oxygen atoms in total. The third-order valence-corrected chi connectivity index (χ3v) is 3.47. The first kappa shape index (κ1) is 15.3. The standard InChI is InChI=1S/C12H21F3N2O/c1-11(2,3)9(16)10(18)17-6-4-8(5-7-17)12(13,14)15/h8-9H,4-7,16H2,1-3H3. The van der Waals surface area contributed by atoms with E-state index in [4.69, 9.17) is 5.73 Å².